The highest BCUT2D eigenvalue weighted by Crippen LogP contribution is 2.45. The average molecular weight is 589 g/mol. The van der Waals surface area contributed by atoms with Gasteiger partial charge in [0.2, 0.25) is 0 Å². The molecule has 46 heavy (non-hydrogen) atoms. The summed E-state index contributed by atoms with van der Waals surface area (Å²) in [6, 6.07) is 54.3. The molecule has 3 nitrogen and oxygen atoms in total. The lowest BCUT2D eigenvalue weighted by Gasteiger charge is -2.16. The van der Waals surface area contributed by atoms with E-state index in [4.69, 9.17) is 4.42 Å². The lowest BCUT2D eigenvalue weighted by molar-refractivity contribution is 0.674. The van der Waals surface area contributed by atoms with Gasteiger partial charge in [-0.1, -0.05) is 103 Å². The fourth-order valence-corrected chi connectivity index (χ4v) is 7.73. The number of fused-ring (bicyclic) bond motifs is 10. The molecule has 0 radical (unpaired) electrons. The zero-order chi connectivity index (χ0) is 30.4. The summed E-state index contributed by atoms with van der Waals surface area (Å²) < 4.78 is 11.9. The van der Waals surface area contributed by atoms with Gasteiger partial charge in [-0.3, -0.25) is 0 Å². The van der Waals surface area contributed by atoms with Crippen molar-refractivity contribution in [3.8, 4) is 22.5 Å². The summed E-state index contributed by atoms with van der Waals surface area (Å²) >= 11 is 0. The number of hydrogen-bond acceptors (Lipinski definition) is 1. The number of nitrogens with zero attached hydrogens (tertiary/aromatic N) is 2. The van der Waals surface area contributed by atoms with E-state index in [1.54, 1.807) is 0 Å². The van der Waals surface area contributed by atoms with Gasteiger partial charge < -0.3 is 13.6 Å². The SMILES string of the molecule is Cc1cccc(-n2c3ccccc3c3ccccc32)c1-c1cccc2c1oc1c2ccc2c1c1ccccc1n2-c1ccccc1. The molecule has 0 N–H and O–H groups in total. The number of rotatable bonds is 3. The van der Waals surface area contributed by atoms with Crippen LogP contribution in [0.1, 0.15) is 5.56 Å². The second-order valence-corrected chi connectivity index (χ2v) is 12.1. The van der Waals surface area contributed by atoms with Gasteiger partial charge in [-0.05, 0) is 61.0 Å². The van der Waals surface area contributed by atoms with E-state index in [1.807, 2.05) is 0 Å². The fraction of sp³-hybridized carbons (Fsp3) is 0.0233. The van der Waals surface area contributed by atoms with Crippen LogP contribution in [0.2, 0.25) is 0 Å². The summed E-state index contributed by atoms with van der Waals surface area (Å²) in [4.78, 5) is 0. The van der Waals surface area contributed by atoms with E-state index in [1.165, 1.54) is 43.8 Å². The molecule has 0 bridgehead atoms. The molecular formula is C43H28N2O. The van der Waals surface area contributed by atoms with Gasteiger partial charge in [-0.2, -0.15) is 0 Å². The predicted octanol–water partition coefficient (Wildman–Crippen LogP) is 11.8. The van der Waals surface area contributed by atoms with Crippen molar-refractivity contribution in [3.05, 3.63) is 157 Å². The zero-order valence-electron chi connectivity index (χ0n) is 25.2. The first-order valence-corrected chi connectivity index (χ1v) is 15.8. The summed E-state index contributed by atoms with van der Waals surface area (Å²) in [5, 5.41) is 7.10. The van der Waals surface area contributed by atoms with Gasteiger partial charge in [0.05, 0.1) is 33.1 Å². The third kappa shape index (κ3) is 3.37. The van der Waals surface area contributed by atoms with Crippen molar-refractivity contribution in [2.45, 2.75) is 6.92 Å². The van der Waals surface area contributed by atoms with Crippen molar-refractivity contribution < 1.29 is 4.42 Å². The van der Waals surface area contributed by atoms with E-state index < -0.39 is 0 Å². The Morgan fingerprint density at radius 2 is 1.00 bits per heavy atom. The molecule has 216 valence electrons. The molecule has 3 aromatic heterocycles. The summed E-state index contributed by atoms with van der Waals surface area (Å²) in [6.07, 6.45) is 0. The van der Waals surface area contributed by atoms with Gasteiger partial charge >= 0.3 is 0 Å². The van der Waals surface area contributed by atoms with Crippen molar-refractivity contribution in [3.63, 3.8) is 0 Å². The van der Waals surface area contributed by atoms with Crippen LogP contribution in [0.3, 0.4) is 0 Å². The van der Waals surface area contributed by atoms with E-state index in [0.717, 1.165) is 49.8 Å². The van der Waals surface area contributed by atoms with Gasteiger partial charge in [0.25, 0.3) is 0 Å². The van der Waals surface area contributed by atoms with E-state index in [0.29, 0.717) is 0 Å². The Labute approximate surface area is 265 Å². The lowest BCUT2D eigenvalue weighted by atomic mass is 9.96. The van der Waals surface area contributed by atoms with Crippen LogP contribution in [0.4, 0.5) is 0 Å². The molecule has 10 rings (SSSR count). The van der Waals surface area contributed by atoms with Crippen LogP contribution in [0, 0.1) is 6.92 Å². The molecule has 0 saturated heterocycles. The molecule has 0 aliphatic carbocycles. The third-order valence-corrected chi connectivity index (χ3v) is 9.66. The highest BCUT2D eigenvalue weighted by molar-refractivity contribution is 6.25. The molecule has 0 atom stereocenters. The summed E-state index contributed by atoms with van der Waals surface area (Å²) in [6.45, 7) is 2.21. The Bertz CT molecular complexity index is 2760. The molecule has 0 amide bonds. The number of aryl methyl sites for hydroxylation is 1. The maximum absolute atomic E-state index is 7.09. The number of furan rings is 1. The van der Waals surface area contributed by atoms with Crippen molar-refractivity contribution in [2.24, 2.45) is 0 Å². The fourth-order valence-electron chi connectivity index (χ4n) is 7.73. The van der Waals surface area contributed by atoms with Crippen molar-refractivity contribution in [2.75, 3.05) is 0 Å². The number of hydrogen-bond donors (Lipinski definition) is 0. The number of benzene rings is 7. The first-order valence-electron chi connectivity index (χ1n) is 15.8. The van der Waals surface area contributed by atoms with Crippen LogP contribution >= 0.6 is 0 Å². The highest BCUT2D eigenvalue weighted by Gasteiger charge is 2.22. The monoisotopic (exact) mass is 588 g/mol. The van der Waals surface area contributed by atoms with Crippen LogP contribution in [0.5, 0.6) is 0 Å². The molecule has 0 aliphatic heterocycles. The Hall–Kier alpha value is -6.06. The van der Waals surface area contributed by atoms with Gasteiger partial charge in [-0.25, -0.2) is 0 Å². The highest BCUT2D eigenvalue weighted by atomic mass is 16.3. The minimum absolute atomic E-state index is 0.915. The van der Waals surface area contributed by atoms with Crippen molar-refractivity contribution >= 4 is 65.6 Å². The molecule has 0 aliphatic rings. The minimum Gasteiger partial charge on any atom is -0.455 e. The van der Waals surface area contributed by atoms with E-state index in [9.17, 15) is 0 Å². The van der Waals surface area contributed by atoms with Crippen LogP contribution in [0.15, 0.2) is 156 Å². The third-order valence-electron chi connectivity index (χ3n) is 9.66. The van der Waals surface area contributed by atoms with Crippen LogP contribution < -0.4 is 0 Å². The maximum Gasteiger partial charge on any atom is 0.145 e. The van der Waals surface area contributed by atoms with Crippen LogP contribution in [0.25, 0.3) is 88.1 Å². The van der Waals surface area contributed by atoms with E-state index >= 15 is 0 Å². The molecule has 0 fully saturated rings. The average Bonchev–Trinajstić information content (AvgIpc) is 3.76. The van der Waals surface area contributed by atoms with Gasteiger partial charge in [0.15, 0.2) is 0 Å². The summed E-state index contributed by atoms with van der Waals surface area (Å²) in [5.74, 6) is 0. The molecule has 7 aromatic carbocycles. The molecule has 3 heteroatoms. The maximum atomic E-state index is 7.09. The molecule has 0 saturated carbocycles. The van der Waals surface area contributed by atoms with E-state index in [2.05, 4.69) is 168 Å². The molecule has 10 aromatic rings. The molecular weight excluding hydrogens is 560 g/mol. The molecule has 0 unspecified atom stereocenters. The Morgan fingerprint density at radius 3 is 1.74 bits per heavy atom. The Kier molecular flexibility index (Phi) is 5.20. The van der Waals surface area contributed by atoms with Gasteiger partial charge in [-0.15, -0.1) is 0 Å². The summed E-state index contributed by atoms with van der Waals surface area (Å²) in [5.41, 5.74) is 12.3. The molecule has 0 spiro atoms. The largest absolute Gasteiger partial charge is 0.455 e. The smallest absolute Gasteiger partial charge is 0.145 e. The number of para-hydroxylation sites is 5. The Balaban J connectivity index is 1.31. The Morgan fingerprint density at radius 1 is 0.413 bits per heavy atom. The van der Waals surface area contributed by atoms with Gasteiger partial charge in [0.1, 0.15) is 11.2 Å². The quantitative estimate of drug-likeness (QED) is 0.201. The van der Waals surface area contributed by atoms with Crippen LogP contribution in [-0.4, -0.2) is 9.13 Å². The second-order valence-electron chi connectivity index (χ2n) is 12.1. The lowest BCUT2D eigenvalue weighted by Crippen LogP contribution is -1.99. The zero-order valence-corrected chi connectivity index (χ0v) is 25.2. The first kappa shape index (κ1) is 25.3. The van der Waals surface area contributed by atoms with Crippen LogP contribution in [-0.2, 0) is 0 Å². The number of aromatic nitrogens is 2. The van der Waals surface area contributed by atoms with E-state index in [-0.39, 0.29) is 0 Å². The van der Waals surface area contributed by atoms with Crippen molar-refractivity contribution in [1.82, 2.24) is 9.13 Å². The minimum atomic E-state index is 0.915. The predicted molar refractivity (Wildman–Crippen MR) is 193 cm³/mol. The second kappa shape index (κ2) is 9.47. The normalized spacial score (nSPS) is 12.0. The topological polar surface area (TPSA) is 23.0 Å². The van der Waals surface area contributed by atoms with Crippen molar-refractivity contribution in [1.29, 1.82) is 0 Å². The molecule has 3 heterocycles. The summed E-state index contributed by atoms with van der Waals surface area (Å²) in [7, 11) is 0. The van der Waals surface area contributed by atoms with Gasteiger partial charge in [0, 0.05) is 43.7 Å². The standard InChI is InChI=1S/C43H28N2O/c1-27-13-11-24-38(45-35-21-8-5-16-29(35)30-17-6-9-22-36(30)45)40(27)34-20-12-19-31-32-25-26-39-41(43(32)46-42(31)34)33-18-7-10-23-37(33)44(39)28-14-3-2-4-15-28/h2-26H,1H3. The first-order chi connectivity index (χ1) is 22.8.